The van der Waals surface area contributed by atoms with Crippen molar-refractivity contribution in [3.05, 3.63) is 88.0 Å². The standard InChI is InChI=1S/C21H16BrN3OS/c1-14(16-6-4-15(13-23)5-7-16)25-20(26)19-3-2-12-24-21(19)27-18-10-8-17(22)9-11-18/h2-12,14H,1H3,(H,25,26). The van der Waals surface area contributed by atoms with Crippen LogP contribution in [0.25, 0.3) is 0 Å². The minimum atomic E-state index is -0.184. The molecule has 0 aliphatic rings. The van der Waals surface area contributed by atoms with Crippen molar-refractivity contribution >= 4 is 33.6 Å². The Balaban J connectivity index is 1.76. The van der Waals surface area contributed by atoms with Gasteiger partial charge in [-0.15, -0.1) is 0 Å². The maximum atomic E-state index is 12.8. The second-order valence-corrected chi connectivity index (χ2v) is 7.82. The summed E-state index contributed by atoms with van der Waals surface area (Å²) in [6, 6.07) is 20.5. The highest BCUT2D eigenvalue weighted by atomic mass is 79.9. The molecule has 4 nitrogen and oxygen atoms in total. The van der Waals surface area contributed by atoms with Crippen molar-refractivity contribution in [1.29, 1.82) is 5.26 Å². The lowest BCUT2D eigenvalue weighted by Gasteiger charge is -2.15. The molecule has 1 amide bonds. The molecule has 0 aliphatic heterocycles. The molecule has 0 radical (unpaired) electrons. The van der Waals surface area contributed by atoms with E-state index in [4.69, 9.17) is 5.26 Å². The summed E-state index contributed by atoms with van der Waals surface area (Å²) < 4.78 is 1.00. The van der Waals surface area contributed by atoms with Crippen molar-refractivity contribution in [2.45, 2.75) is 22.9 Å². The smallest absolute Gasteiger partial charge is 0.254 e. The normalized spacial score (nSPS) is 11.4. The molecule has 0 saturated heterocycles. The van der Waals surface area contributed by atoms with Crippen molar-refractivity contribution < 1.29 is 4.79 Å². The largest absolute Gasteiger partial charge is 0.345 e. The number of halogens is 1. The van der Waals surface area contributed by atoms with Crippen LogP contribution >= 0.6 is 27.7 Å². The monoisotopic (exact) mass is 437 g/mol. The summed E-state index contributed by atoms with van der Waals surface area (Å²) in [7, 11) is 0. The van der Waals surface area contributed by atoms with Gasteiger partial charge in [0, 0.05) is 15.6 Å². The zero-order chi connectivity index (χ0) is 19.2. The Bertz CT molecular complexity index is 982. The van der Waals surface area contributed by atoms with Crippen LogP contribution in [0.4, 0.5) is 0 Å². The van der Waals surface area contributed by atoms with Gasteiger partial charge in [0.05, 0.1) is 23.2 Å². The molecule has 0 saturated carbocycles. The molecule has 0 bridgehead atoms. The van der Waals surface area contributed by atoms with Crippen molar-refractivity contribution in [2.75, 3.05) is 0 Å². The Labute approximate surface area is 170 Å². The van der Waals surface area contributed by atoms with Gasteiger partial charge in [-0.05, 0) is 61.0 Å². The maximum absolute atomic E-state index is 12.8. The highest BCUT2D eigenvalue weighted by Crippen LogP contribution is 2.29. The van der Waals surface area contributed by atoms with Crippen molar-refractivity contribution in [1.82, 2.24) is 10.3 Å². The molecule has 134 valence electrons. The van der Waals surface area contributed by atoms with Crippen LogP contribution in [0.1, 0.15) is 34.5 Å². The summed E-state index contributed by atoms with van der Waals surface area (Å²) in [4.78, 5) is 18.2. The van der Waals surface area contributed by atoms with Crippen LogP contribution < -0.4 is 5.32 Å². The zero-order valence-electron chi connectivity index (χ0n) is 14.5. The zero-order valence-corrected chi connectivity index (χ0v) is 16.9. The Morgan fingerprint density at radius 1 is 1.15 bits per heavy atom. The lowest BCUT2D eigenvalue weighted by atomic mass is 10.1. The lowest BCUT2D eigenvalue weighted by molar-refractivity contribution is 0.0936. The number of aromatic nitrogens is 1. The fourth-order valence-corrected chi connectivity index (χ4v) is 3.61. The molecule has 1 heterocycles. The highest BCUT2D eigenvalue weighted by molar-refractivity contribution is 9.10. The molecule has 6 heteroatoms. The van der Waals surface area contributed by atoms with Crippen molar-refractivity contribution in [3.8, 4) is 6.07 Å². The van der Waals surface area contributed by atoms with E-state index in [2.05, 4.69) is 32.3 Å². The molecule has 3 aromatic rings. The third-order valence-corrected chi connectivity index (χ3v) is 5.49. The van der Waals surface area contributed by atoms with Gasteiger partial charge >= 0.3 is 0 Å². The number of rotatable bonds is 5. The molecule has 2 aromatic carbocycles. The third-order valence-electron chi connectivity index (χ3n) is 3.93. The minimum Gasteiger partial charge on any atom is -0.345 e. The summed E-state index contributed by atoms with van der Waals surface area (Å²) in [5, 5.41) is 12.6. The van der Waals surface area contributed by atoms with Gasteiger partial charge in [0.1, 0.15) is 5.03 Å². The van der Waals surface area contributed by atoms with Crippen LogP contribution in [-0.2, 0) is 0 Å². The molecule has 1 atom stereocenters. The van der Waals surface area contributed by atoms with Gasteiger partial charge in [-0.25, -0.2) is 4.98 Å². The number of benzene rings is 2. The Hall–Kier alpha value is -2.62. The van der Waals surface area contributed by atoms with E-state index in [0.29, 0.717) is 16.2 Å². The van der Waals surface area contributed by atoms with Gasteiger partial charge < -0.3 is 5.32 Å². The van der Waals surface area contributed by atoms with E-state index in [-0.39, 0.29) is 11.9 Å². The average molecular weight is 438 g/mol. The Kier molecular flexibility index (Phi) is 6.28. The molecule has 3 rings (SSSR count). The first-order chi connectivity index (χ1) is 13.1. The Morgan fingerprint density at radius 3 is 2.52 bits per heavy atom. The predicted molar refractivity (Wildman–Crippen MR) is 110 cm³/mol. The number of carbonyl (C=O) groups excluding carboxylic acids is 1. The van der Waals surface area contributed by atoms with Gasteiger partial charge in [0.2, 0.25) is 0 Å². The van der Waals surface area contributed by atoms with E-state index in [1.165, 1.54) is 11.8 Å². The van der Waals surface area contributed by atoms with Crippen LogP contribution in [0.5, 0.6) is 0 Å². The summed E-state index contributed by atoms with van der Waals surface area (Å²) >= 11 is 4.87. The van der Waals surface area contributed by atoms with Crippen LogP contribution in [0.15, 0.2) is 81.3 Å². The molecule has 27 heavy (non-hydrogen) atoms. The average Bonchev–Trinajstić information content (AvgIpc) is 2.70. The second-order valence-electron chi connectivity index (χ2n) is 5.84. The summed E-state index contributed by atoms with van der Waals surface area (Å²) in [5.41, 5.74) is 2.07. The highest BCUT2D eigenvalue weighted by Gasteiger charge is 2.16. The number of nitrogens with one attached hydrogen (secondary N) is 1. The third kappa shape index (κ3) is 4.97. The maximum Gasteiger partial charge on any atom is 0.254 e. The SMILES string of the molecule is CC(NC(=O)c1cccnc1Sc1ccc(Br)cc1)c1ccc(C#N)cc1. The lowest BCUT2D eigenvalue weighted by Crippen LogP contribution is -2.27. The number of nitriles is 1. The fraction of sp³-hybridized carbons (Fsp3) is 0.0952. The first kappa shape index (κ1) is 19.2. The van der Waals surface area contributed by atoms with Gasteiger partial charge in [-0.2, -0.15) is 5.26 Å². The van der Waals surface area contributed by atoms with E-state index in [1.54, 1.807) is 30.5 Å². The van der Waals surface area contributed by atoms with Crippen LogP contribution in [0.2, 0.25) is 0 Å². The van der Waals surface area contributed by atoms with Gasteiger partial charge in [0.15, 0.2) is 0 Å². The summed E-state index contributed by atoms with van der Waals surface area (Å²) in [6.45, 7) is 1.91. The number of carbonyl (C=O) groups is 1. The van der Waals surface area contributed by atoms with E-state index in [9.17, 15) is 4.79 Å². The van der Waals surface area contributed by atoms with E-state index < -0.39 is 0 Å². The Morgan fingerprint density at radius 2 is 1.85 bits per heavy atom. The van der Waals surface area contributed by atoms with E-state index in [0.717, 1.165) is 14.9 Å². The number of hydrogen-bond donors (Lipinski definition) is 1. The molecule has 0 aliphatic carbocycles. The van der Waals surface area contributed by atoms with Gasteiger partial charge in [0.25, 0.3) is 5.91 Å². The molecule has 1 unspecified atom stereocenters. The molecular weight excluding hydrogens is 422 g/mol. The van der Waals surface area contributed by atoms with Gasteiger partial charge in [-0.3, -0.25) is 4.79 Å². The topological polar surface area (TPSA) is 65.8 Å². The van der Waals surface area contributed by atoms with E-state index in [1.807, 2.05) is 43.3 Å². The number of hydrogen-bond acceptors (Lipinski definition) is 4. The first-order valence-corrected chi connectivity index (χ1v) is 9.87. The fourth-order valence-electron chi connectivity index (χ4n) is 2.46. The number of amides is 1. The van der Waals surface area contributed by atoms with Crippen LogP contribution in [-0.4, -0.2) is 10.9 Å². The van der Waals surface area contributed by atoms with Crippen molar-refractivity contribution in [2.24, 2.45) is 0 Å². The molecule has 0 spiro atoms. The van der Waals surface area contributed by atoms with Gasteiger partial charge in [-0.1, -0.05) is 39.8 Å². The molecular formula is C21H16BrN3OS. The van der Waals surface area contributed by atoms with Crippen LogP contribution in [0, 0.1) is 11.3 Å². The molecule has 1 aromatic heterocycles. The summed E-state index contributed by atoms with van der Waals surface area (Å²) in [6.07, 6.45) is 1.68. The number of pyridine rings is 1. The molecule has 1 N–H and O–H groups in total. The second kappa shape index (κ2) is 8.85. The number of nitrogens with zero attached hydrogens (tertiary/aromatic N) is 2. The van der Waals surface area contributed by atoms with E-state index >= 15 is 0 Å². The van der Waals surface area contributed by atoms with Crippen molar-refractivity contribution in [3.63, 3.8) is 0 Å². The minimum absolute atomic E-state index is 0.181. The quantitative estimate of drug-likeness (QED) is 0.583. The molecule has 0 fully saturated rings. The van der Waals surface area contributed by atoms with Crippen LogP contribution in [0.3, 0.4) is 0 Å². The predicted octanol–water partition coefficient (Wildman–Crippen LogP) is 5.36. The first-order valence-electron chi connectivity index (χ1n) is 8.26. The summed E-state index contributed by atoms with van der Waals surface area (Å²) in [5.74, 6) is -0.181.